The molecule has 17 nitrogen and oxygen atoms in total. The Labute approximate surface area is 341 Å². The van der Waals surface area contributed by atoms with Crippen LogP contribution < -0.4 is 21.3 Å². The summed E-state index contributed by atoms with van der Waals surface area (Å²) < 4.78 is 45.0. The minimum Gasteiger partial charge on any atom is -0.460 e. The van der Waals surface area contributed by atoms with E-state index in [0.29, 0.717) is 5.56 Å². The summed E-state index contributed by atoms with van der Waals surface area (Å²) >= 11 is 0. The molecule has 1 aromatic rings. The lowest BCUT2D eigenvalue weighted by Gasteiger charge is -2.27. The summed E-state index contributed by atoms with van der Waals surface area (Å²) in [6, 6.07) is 4.15. The van der Waals surface area contributed by atoms with Crippen LogP contribution in [0.4, 0.5) is 4.79 Å². The van der Waals surface area contributed by atoms with Crippen molar-refractivity contribution in [2.24, 2.45) is 5.92 Å². The molecule has 1 rings (SSSR count). The molecule has 58 heavy (non-hydrogen) atoms. The zero-order chi connectivity index (χ0) is 44.6. The van der Waals surface area contributed by atoms with Crippen LogP contribution in [0.1, 0.15) is 101 Å². The summed E-state index contributed by atoms with van der Waals surface area (Å²) in [5, 5.41) is 10.5. The molecule has 0 spiro atoms. The highest BCUT2D eigenvalue weighted by Crippen LogP contribution is 2.14. The van der Waals surface area contributed by atoms with Crippen molar-refractivity contribution >= 4 is 51.6 Å². The Balaban J connectivity index is 3.49. The number of sulfone groups is 1. The number of amides is 4. The Hall–Kier alpha value is -5.26. The highest BCUT2D eigenvalue weighted by molar-refractivity contribution is 7.93. The van der Waals surface area contributed by atoms with Gasteiger partial charge in [0.05, 0.1) is 6.42 Å². The van der Waals surface area contributed by atoms with Gasteiger partial charge in [-0.3, -0.25) is 24.0 Å². The zero-order valence-electron chi connectivity index (χ0n) is 35.5. The molecule has 0 heterocycles. The van der Waals surface area contributed by atoms with Gasteiger partial charge < -0.3 is 40.2 Å². The third-order valence-corrected chi connectivity index (χ3v) is 7.62. The minimum atomic E-state index is -3.71. The first-order valence-electron chi connectivity index (χ1n) is 18.6. The van der Waals surface area contributed by atoms with E-state index in [9.17, 15) is 42.0 Å². The van der Waals surface area contributed by atoms with E-state index in [0.717, 1.165) is 23.8 Å². The number of rotatable bonds is 18. The summed E-state index contributed by atoms with van der Waals surface area (Å²) in [6.07, 6.45) is 0.293. The Morgan fingerprint density at radius 1 is 0.707 bits per heavy atom. The molecular weight excluding hydrogens is 777 g/mol. The molecule has 3 atom stereocenters. The van der Waals surface area contributed by atoms with Gasteiger partial charge in [-0.25, -0.2) is 18.0 Å². The Morgan fingerprint density at radius 2 is 1.24 bits per heavy atom. The van der Waals surface area contributed by atoms with Gasteiger partial charge in [0.15, 0.2) is 9.84 Å². The topological polar surface area (TPSA) is 239 Å². The molecule has 0 aliphatic carbocycles. The zero-order valence-corrected chi connectivity index (χ0v) is 36.3. The van der Waals surface area contributed by atoms with Crippen LogP contribution in [0.5, 0.6) is 0 Å². The summed E-state index contributed by atoms with van der Waals surface area (Å²) in [4.78, 5) is 92.4. The van der Waals surface area contributed by atoms with Gasteiger partial charge in [-0.05, 0) is 86.3 Å². The number of hydrogen-bond acceptors (Lipinski definition) is 13. The van der Waals surface area contributed by atoms with Gasteiger partial charge in [-0.1, -0.05) is 44.2 Å². The van der Waals surface area contributed by atoms with E-state index in [4.69, 9.17) is 18.9 Å². The van der Waals surface area contributed by atoms with Gasteiger partial charge in [-0.2, -0.15) is 0 Å². The lowest BCUT2D eigenvalue weighted by molar-refractivity contribution is -0.156. The van der Waals surface area contributed by atoms with Crippen molar-refractivity contribution in [3.05, 3.63) is 59.2 Å². The van der Waals surface area contributed by atoms with Gasteiger partial charge in [-0.15, -0.1) is 0 Å². The molecule has 0 unspecified atom stereocenters. The number of esters is 3. The molecule has 0 aromatic heterocycles. The second kappa shape index (κ2) is 22.0. The fourth-order valence-corrected chi connectivity index (χ4v) is 5.05. The van der Waals surface area contributed by atoms with Gasteiger partial charge in [0.2, 0.25) is 17.7 Å². The summed E-state index contributed by atoms with van der Waals surface area (Å²) in [7, 11) is -3.71. The first kappa shape index (κ1) is 50.8. The largest absolute Gasteiger partial charge is 0.460 e. The van der Waals surface area contributed by atoms with Gasteiger partial charge >= 0.3 is 24.0 Å². The van der Waals surface area contributed by atoms with Crippen molar-refractivity contribution in [1.82, 2.24) is 21.3 Å². The number of nitrogens with one attached hydrogen (secondary N) is 4. The second-order valence-electron chi connectivity index (χ2n) is 16.7. The maximum Gasteiger partial charge on any atom is 0.408 e. The van der Waals surface area contributed by atoms with Crippen molar-refractivity contribution in [2.45, 2.75) is 137 Å². The number of allylic oxidation sites excluding steroid dienone is 1. The first-order chi connectivity index (χ1) is 26.4. The Kier molecular flexibility index (Phi) is 19.3. The maximum atomic E-state index is 13.9. The maximum absolute atomic E-state index is 13.9. The van der Waals surface area contributed by atoms with Crippen LogP contribution >= 0.6 is 0 Å². The van der Waals surface area contributed by atoms with Gasteiger partial charge in [0, 0.05) is 29.9 Å². The summed E-state index contributed by atoms with van der Waals surface area (Å²) in [5.41, 5.74) is -2.36. The number of hydrogen-bond donors (Lipinski definition) is 4. The lowest BCUT2D eigenvalue weighted by Crippen LogP contribution is -2.58. The van der Waals surface area contributed by atoms with Crippen molar-refractivity contribution in [1.29, 1.82) is 0 Å². The smallest absolute Gasteiger partial charge is 0.408 e. The van der Waals surface area contributed by atoms with Crippen LogP contribution in [0.3, 0.4) is 0 Å². The van der Waals surface area contributed by atoms with E-state index in [2.05, 4.69) is 21.3 Å². The van der Waals surface area contributed by atoms with Gasteiger partial charge in [0.25, 0.3) is 0 Å². The normalized spacial score (nSPS) is 14.1. The monoisotopic (exact) mass is 836 g/mol. The molecule has 4 N–H and O–H groups in total. The average molecular weight is 837 g/mol. The molecule has 1 aromatic carbocycles. The second-order valence-corrected chi connectivity index (χ2v) is 18.7. The molecule has 0 aliphatic heterocycles. The van der Waals surface area contributed by atoms with Crippen LogP contribution in [0, 0.1) is 5.92 Å². The molecular formula is C40H60N4O13S. The third kappa shape index (κ3) is 23.1. The average Bonchev–Trinajstić information content (AvgIpc) is 3.03. The van der Waals surface area contributed by atoms with Crippen LogP contribution in [0.15, 0.2) is 53.6 Å². The lowest BCUT2D eigenvalue weighted by atomic mass is 10.0. The molecule has 0 saturated heterocycles. The minimum absolute atomic E-state index is 0.161. The predicted molar refractivity (Wildman–Crippen MR) is 214 cm³/mol. The van der Waals surface area contributed by atoms with E-state index in [1.54, 1.807) is 106 Å². The summed E-state index contributed by atoms with van der Waals surface area (Å²) in [6.45, 7) is 17.6. The van der Waals surface area contributed by atoms with E-state index < -0.39 is 98.8 Å². The predicted octanol–water partition coefficient (Wildman–Crippen LogP) is 3.66. The van der Waals surface area contributed by atoms with Crippen LogP contribution in [0.25, 0.3) is 0 Å². The number of carbonyl (C=O) groups excluding carboxylic acids is 7. The Bertz CT molecular complexity index is 1790. The van der Waals surface area contributed by atoms with E-state index in [1.807, 2.05) is 0 Å². The Morgan fingerprint density at radius 3 is 1.76 bits per heavy atom. The van der Waals surface area contributed by atoms with Crippen LogP contribution in [-0.2, 0) is 64.2 Å². The van der Waals surface area contributed by atoms with E-state index >= 15 is 0 Å². The molecule has 0 radical (unpaired) electrons. The van der Waals surface area contributed by atoms with Crippen molar-refractivity contribution in [3.63, 3.8) is 0 Å². The fraction of sp³-hybridized carbons (Fsp3) is 0.575. The fourth-order valence-electron chi connectivity index (χ4n) is 4.65. The molecule has 18 heteroatoms. The van der Waals surface area contributed by atoms with Crippen molar-refractivity contribution in [3.8, 4) is 0 Å². The van der Waals surface area contributed by atoms with E-state index in [1.165, 1.54) is 0 Å². The van der Waals surface area contributed by atoms with Crippen molar-refractivity contribution in [2.75, 3.05) is 6.26 Å². The third-order valence-electron chi connectivity index (χ3n) is 6.99. The molecule has 0 aliphatic rings. The standard InChI is InChI=1S/C40H60N4O13S/c1-25(2)33(36(50)41-27(20-21-58(12,52)53)22-31(46)56-39(6,7)8)44-34(48)28(18-19-30(45)55-38(3,4)5)42-35(49)29(23-32(47)57-40(9,10)11)43-37(51)54-24-26-16-14-13-15-17-26/h13-17,20-22,25,28-29,33H,18-19,23-24H2,1-12H3,(H,41,50)(H,42,49)(H,43,51)(H,44,48)/b21-20+,27-22+/t28-,29-,33-/m0/s1. The van der Waals surface area contributed by atoms with Crippen molar-refractivity contribution < 1.29 is 60.9 Å². The molecule has 4 amide bonds. The number of benzene rings is 1. The number of ether oxygens (including phenoxy) is 4. The molecule has 324 valence electrons. The molecule has 0 bridgehead atoms. The first-order valence-corrected chi connectivity index (χ1v) is 20.5. The van der Waals surface area contributed by atoms with Gasteiger partial charge in [0.1, 0.15) is 41.5 Å². The number of carbonyl (C=O) groups is 7. The number of alkyl carbamates (subject to hydrolysis) is 1. The van der Waals surface area contributed by atoms with Crippen LogP contribution in [0.2, 0.25) is 0 Å². The highest BCUT2D eigenvalue weighted by atomic mass is 32.2. The molecule has 0 fully saturated rings. The SMILES string of the molecule is CC(C)[C@H](NC(=O)[C@H](CCC(=O)OC(C)(C)C)NC(=O)[C@H](CC(=O)OC(C)(C)C)NC(=O)OCc1ccccc1)C(=O)NC(/C=C/S(C)(=O)=O)=C/C(=O)OC(C)(C)C. The summed E-state index contributed by atoms with van der Waals surface area (Å²) in [5.74, 6) is -5.94. The van der Waals surface area contributed by atoms with E-state index in [-0.39, 0.29) is 25.1 Å². The molecule has 0 saturated carbocycles. The quantitative estimate of drug-likeness (QED) is 0.0716. The van der Waals surface area contributed by atoms with Crippen LogP contribution in [-0.4, -0.2) is 91.3 Å². The highest BCUT2D eigenvalue weighted by Gasteiger charge is 2.34.